The average molecular weight is 373 g/mol. The number of carbonyl (C=O) groups excluding carboxylic acids is 1. The molecule has 0 aliphatic rings. The van der Waals surface area contributed by atoms with Crippen molar-refractivity contribution < 1.29 is 19.0 Å². The summed E-state index contributed by atoms with van der Waals surface area (Å²) in [5.41, 5.74) is 2.74. The van der Waals surface area contributed by atoms with Gasteiger partial charge in [-0.1, -0.05) is 60.7 Å². The van der Waals surface area contributed by atoms with Crippen LogP contribution in [0.25, 0.3) is 16.6 Å². The summed E-state index contributed by atoms with van der Waals surface area (Å²) in [6, 6.07) is 27.3. The molecule has 4 aromatic rings. The fourth-order valence-electron chi connectivity index (χ4n) is 3.10. The molecule has 0 amide bonds. The summed E-state index contributed by atoms with van der Waals surface area (Å²) < 4.78 is 18.2. The fourth-order valence-corrected chi connectivity index (χ4v) is 3.10. The molecule has 0 fully saturated rings. The Morgan fingerprint density at radius 2 is 1.50 bits per heavy atom. The quantitative estimate of drug-likeness (QED) is 0.442. The molecule has 0 unspecified atom stereocenters. The highest BCUT2D eigenvalue weighted by Crippen LogP contribution is 2.42. The van der Waals surface area contributed by atoms with Gasteiger partial charge in [-0.2, -0.15) is 0 Å². The summed E-state index contributed by atoms with van der Waals surface area (Å²) in [6.07, 6.45) is -0.801. The minimum Gasteiger partial charge on any atom is -0.483 e. The number of aromatic nitrogens is 1. The predicted molar refractivity (Wildman–Crippen MR) is 107 cm³/mol. The largest absolute Gasteiger partial charge is 0.514 e. The molecule has 0 spiro atoms. The standard InChI is InChI=1S/C23H19NO4/c1-26-23(25)28-22-21(27-16-17-10-4-2-5-11-17)19-14-8-9-15-20(19)24(22)18-12-6-3-7-13-18/h2-15H,16H2,1H3. The molecule has 5 heteroatoms. The number of carbonyl (C=O) groups is 1. The zero-order valence-electron chi connectivity index (χ0n) is 15.4. The lowest BCUT2D eigenvalue weighted by Crippen LogP contribution is -2.11. The van der Waals surface area contributed by atoms with Gasteiger partial charge in [0, 0.05) is 11.1 Å². The molecule has 0 saturated carbocycles. The molecular weight excluding hydrogens is 354 g/mol. The van der Waals surface area contributed by atoms with Crippen LogP contribution in [0, 0.1) is 0 Å². The van der Waals surface area contributed by atoms with E-state index in [1.165, 1.54) is 7.11 Å². The molecule has 0 aliphatic carbocycles. The van der Waals surface area contributed by atoms with E-state index in [1.54, 1.807) is 0 Å². The van der Waals surface area contributed by atoms with Crippen molar-refractivity contribution in [2.24, 2.45) is 0 Å². The van der Waals surface area contributed by atoms with Crippen LogP contribution in [0.3, 0.4) is 0 Å². The Kier molecular flexibility index (Phi) is 4.97. The van der Waals surface area contributed by atoms with Crippen molar-refractivity contribution >= 4 is 17.1 Å². The lowest BCUT2D eigenvalue weighted by Gasteiger charge is -2.12. The first-order valence-electron chi connectivity index (χ1n) is 8.89. The van der Waals surface area contributed by atoms with Gasteiger partial charge in [0.05, 0.1) is 12.6 Å². The Morgan fingerprint density at radius 1 is 0.857 bits per heavy atom. The van der Waals surface area contributed by atoms with Gasteiger partial charge in [-0.05, 0) is 29.8 Å². The van der Waals surface area contributed by atoms with Crippen molar-refractivity contribution in [1.29, 1.82) is 0 Å². The summed E-state index contributed by atoms with van der Waals surface area (Å²) in [5.74, 6) is 0.781. The van der Waals surface area contributed by atoms with E-state index in [1.807, 2.05) is 89.5 Å². The number of ether oxygens (including phenoxy) is 3. The van der Waals surface area contributed by atoms with E-state index in [0.717, 1.165) is 22.2 Å². The average Bonchev–Trinajstić information content (AvgIpc) is 3.06. The van der Waals surface area contributed by atoms with Gasteiger partial charge in [-0.25, -0.2) is 4.79 Å². The third kappa shape index (κ3) is 3.42. The first-order valence-corrected chi connectivity index (χ1v) is 8.89. The number of benzene rings is 3. The van der Waals surface area contributed by atoms with Crippen LogP contribution >= 0.6 is 0 Å². The Hall–Kier alpha value is -3.73. The zero-order chi connectivity index (χ0) is 19.3. The van der Waals surface area contributed by atoms with E-state index in [2.05, 4.69) is 0 Å². The Labute approximate surface area is 162 Å². The third-order valence-electron chi connectivity index (χ3n) is 4.37. The number of nitrogens with zero attached hydrogens (tertiary/aromatic N) is 1. The number of methoxy groups -OCH3 is 1. The van der Waals surface area contributed by atoms with Crippen molar-refractivity contribution in [2.45, 2.75) is 6.61 Å². The highest BCUT2D eigenvalue weighted by atomic mass is 16.7. The summed E-state index contributed by atoms with van der Waals surface area (Å²) >= 11 is 0. The first-order chi connectivity index (χ1) is 13.8. The highest BCUT2D eigenvalue weighted by molar-refractivity contribution is 5.92. The van der Waals surface area contributed by atoms with Crippen LogP contribution in [0.15, 0.2) is 84.9 Å². The SMILES string of the molecule is COC(=O)Oc1c(OCc2ccccc2)c2ccccc2n1-c1ccccc1. The smallest absolute Gasteiger partial charge is 0.483 e. The number of rotatable bonds is 5. The molecule has 0 N–H and O–H groups in total. The molecule has 0 aliphatic heterocycles. The van der Waals surface area contributed by atoms with Crippen LogP contribution in [0.1, 0.15) is 5.56 Å². The molecule has 1 aromatic heterocycles. The third-order valence-corrected chi connectivity index (χ3v) is 4.37. The van der Waals surface area contributed by atoms with E-state index in [-0.39, 0.29) is 5.88 Å². The monoisotopic (exact) mass is 373 g/mol. The number of hydrogen-bond acceptors (Lipinski definition) is 4. The van der Waals surface area contributed by atoms with E-state index in [4.69, 9.17) is 14.2 Å². The van der Waals surface area contributed by atoms with Gasteiger partial charge >= 0.3 is 6.16 Å². The van der Waals surface area contributed by atoms with Crippen LogP contribution in [0.2, 0.25) is 0 Å². The van der Waals surface area contributed by atoms with Crippen molar-refractivity contribution in [3.63, 3.8) is 0 Å². The molecule has 28 heavy (non-hydrogen) atoms. The molecule has 0 bridgehead atoms. The van der Waals surface area contributed by atoms with Gasteiger partial charge in [0.1, 0.15) is 6.61 Å². The maximum Gasteiger partial charge on any atom is 0.514 e. The van der Waals surface area contributed by atoms with E-state index < -0.39 is 6.16 Å². The topological polar surface area (TPSA) is 49.7 Å². The lowest BCUT2D eigenvalue weighted by molar-refractivity contribution is 0.117. The number of para-hydroxylation sites is 2. The van der Waals surface area contributed by atoms with Gasteiger partial charge in [-0.3, -0.25) is 4.57 Å². The Morgan fingerprint density at radius 3 is 2.21 bits per heavy atom. The molecule has 140 valence electrons. The lowest BCUT2D eigenvalue weighted by atomic mass is 10.2. The van der Waals surface area contributed by atoms with Crippen LogP contribution in [-0.4, -0.2) is 17.8 Å². The van der Waals surface area contributed by atoms with Gasteiger partial charge in [0.2, 0.25) is 0 Å². The second kappa shape index (κ2) is 7.88. The van der Waals surface area contributed by atoms with E-state index in [9.17, 15) is 4.79 Å². The highest BCUT2D eigenvalue weighted by Gasteiger charge is 2.24. The van der Waals surface area contributed by atoms with E-state index in [0.29, 0.717) is 12.4 Å². The number of fused-ring (bicyclic) bond motifs is 1. The maximum atomic E-state index is 12.0. The molecule has 1 heterocycles. The zero-order valence-corrected chi connectivity index (χ0v) is 15.4. The van der Waals surface area contributed by atoms with Crippen molar-refractivity contribution in [3.05, 3.63) is 90.5 Å². The van der Waals surface area contributed by atoms with Crippen LogP contribution in [-0.2, 0) is 11.3 Å². The van der Waals surface area contributed by atoms with Gasteiger partial charge in [-0.15, -0.1) is 0 Å². The van der Waals surface area contributed by atoms with Crippen LogP contribution in [0.5, 0.6) is 11.6 Å². The van der Waals surface area contributed by atoms with Crippen molar-refractivity contribution in [2.75, 3.05) is 7.11 Å². The minimum atomic E-state index is -0.801. The molecule has 0 radical (unpaired) electrons. The van der Waals surface area contributed by atoms with E-state index >= 15 is 0 Å². The van der Waals surface area contributed by atoms with Gasteiger partial charge in [0.15, 0.2) is 5.75 Å². The first kappa shape index (κ1) is 17.7. The normalized spacial score (nSPS) is 10.6. The summed E-state index contributed by atoms with van der Waals surface area (Å²) in [7, 11) is 1.28. The predicted octanol–water partition coefficient (Wildman–Crippen LogP) is 5.35. The van der Waals surface area contributed by atoms with Crippen molar-refractivity contribution in [3.8, 4) is 17.3 Å². The second-order valence-electron chi connectivity index (χ2n) is 6.15. The van der Waals surface area contributed by atoms with Crippen LogP contribution < -0.4 is 9.47 Å². The Balaban J connectivity index is 1.86. The maximum absolute atomic E-state index is 12.0. The Bertz CT molecular complexity index is 1090. The molecular formula is C23H19NO4. The van der Waals surface area contributed by atoms with Crippen LogP contribution in [0.4, 0.5) is 4.79 Å². The molecule has 0 saturated heterocycles. The van der Waals surface area contributed by atoms with Gasteiger partial charge in [0.25, 0.3) is 5.88 Å². The molecule has 3 aromatic carbocycles. The number of hydrogen-bond donors (Lipinski definition) is 0. The minimum absolute atomic E-state index is 0.287. The second-order valence-corrected chi connectivity index (χ2v) is 6.15. The molecule has 4 rings (SSSR count). The summed E-state index contributed by atoms with van der Waals surface area (Å²) in [5, 5.41) is 0.848. The fraction of sp³-hybridized carbons (Fsp3) is 0.0870. The summed E-state index contributed by atoms with van der Waals surface area (Å²) in [6.45, 7) is 0.348. The molecule has 0 atom stereocenters. The summed E-state index contributed by atoms with van der Waals surface area (Å²) in [4.78, 5) is 12.0. The molecule has 5 nitrogen and oxygen atoms in total. The van der Waals surface area contributed by atoms with Gasteiger partial charge < -0.3 is 14.2 Å². The van der Waals surface area contributed by atoms with Crippen molar-refractivity contribution in [1.82, 2.24) is 4.57 Å².